The minimum atomic E-state index is -0.556. The molecule has 32 heavy (non-hydrogen) atoms. The fourth-order valence-corrected chi connectivity index (χ4v) is 3.94. The van der Waals surface area contributed by atoms with E-state index in [1.165, 1.54) is 66.8 Å². The zero-order valence-electron chi connectivity index (χ0n) is 20.4. The maximum atomic E-state index is 11.1. The fraction of sp³-hybridized carbons (Fsp3) is 0.538. The molecule has 0 heterocycles. The average Bonchev–Trinajstić information content (AvgIpc) is 2.97. The Kier molecular flexibility index (Phi) is 25.7. The van der Waals surface area contributed by atoms with Crippen LogP contribution in [0.1, 0.15) is 81.8 Å². The van der Waals surface area contributed by atoms with Crippen LogP contribution in [0.25, 0.3) is 16.5 Å². The standard InChI is InChI=1S/C13H25NO.C11H11.2CH3.2ClH.Si.Ti/c14-13(15)12-10-8-6-4-2-1-3-5-7-9-11-12;1-8-7-10-5-3-4-6-11(10)9(8)2;;;;;;/h12H,1-11H2,(H2,14,15);3-7H,1-2H3;2*1H3;2*1H;;/q;3*-1;;;;+6/p-3. The van der Waals surface area contributed by atoms with E-state index in [1.807, 2.05) is 0 Å². The fourth-order valence-electron chi connectivity index (χ4n) is 3.94. The largest absolute Gasteiger partial charge is 0.668 e. The Morgan fingerprint density at radius 2 is 1.31 bits per heavy atom. The second-order valence-electron chi connectivity index (χ2n) is 7.93. The van der Waals surface area contributed by atoms with E-state index in [9.17, 15) is 4.79 Å². The van der Waals surface area contributed by atoms with Crippen LogP contribution in [0.2, 0.25) is 0 Å². The first-order chi connectivity index (χ1) is 14.0. The van der Waals surface area contributed by atoms with Crippen molar-refractivity contribution < 1.29 is 21.8 Å². The van der Waals surface area contributed by atoms with Gasteiger partial charge in [-0.2, -0.15) is 5.56 Å². The second-order valence-corrected chi connectivity index (χ2v) is 10.5. The topological polar surface area (TPSA) is 40.9 Å². The molecule has 0 bridgehead atoms. The number of hydrogen-bond donors (Lipinski definition) is 0. The molecule has 178 valence electrons. The second kappa shape index (κ2) is 22.6. The quantitative estimate of drug-likeness (QED) is 0.267. The molecule has 0 aromatic heterocycles. The molecule has 3 rings (SSSR count). The van der Waals surface area contributed by atoms with Gasteiger partial charge in [-0.15, -0.1) is 40.6 Å². The summed E-state index contributed by atoms with van der Waals surface area (Å²) in [6.45, 7) is 4.34. The number of fused-ring (bicyclic) bond motifs is 1. The summed E-state index contributed by atoms with van der Waals surface area (Å²) < 4.78 is 0. The van der Waals surface area contributed by atoms with Crippen LogP contribution in [0.3, 0.4) is 0 Å². The molecule has 0 saturated heterocycles. The first-order valence-electron chi connectivity index (χ1n) is 10.8. The van der Waals surface area contributed by atoms with Gasteiger partial charge in [-0.25, -0.2) is 0 Å². The SMILES string of the molecule is Cc1[cH-]c2ccccc2c1C.[CH3-].[CH3-].[Cl][Ti+4][Cl].[NH-]C(=O)C1CCCCCCCCCCC1.[Si]. The maximum Gasteiger partial charge on any atom is 0.0519 e. The van der Waals surface area contributed by atoms with Gasteiger partial charge in [0.25, 0.3) is 0 Å². The van der Waals surface area contributed by atoms with Gasteiger partial charge in [0.15, 0.2) is 0 Å². The van der Waals surface area contributed by atoms with Gasteiger partial charge in [0.1, 0.15) is 0 Å². The molecule has 4 radical (unpaired) electrons. The number of carbonyl (C=O) groups is 1. The summed E-state index contributed by atoms with van der Waals surface area (Å²) in [6, 6.07) is 10.8. The van der Waals surface area contributed by atoms with Crippen molar-refractivity contribution in [3.63, 3.8) is 0 Å². The van der Waals surface area contributed by atoms with Crippen LogP contribution in [-0.2, 0) is 21.8 Å². The smallest absolute Gasteiger partial charge is 0.0519 e. The minimum absolute atomic E-state index is 0. The Bertz CT molecular complexity index is 696. The average molecular weight is 530 g/mol. The van der Waals surface area contributed by atoms with Crippen LogP contribution in [-0.4, -0.2) is 16.9 Å². The number of benzene rings is 1. The summed E-state index contributed by atoms with van der Waals surface area (Å²) in [7, 11) is 9.78. The molecule has 1 aliphatic rings. The number of amides is 1. The molecule has 2 nitrogen and oxygen atoms in total. The number of nitrogens with one attached hydrogen (secondary N) is 1. The molecule has 0 aliphatic heterocycles. The summed E-state index contributed by atoms with van der Waals surface area (Å²) in [6.07, 6.45) is 13.5. The third kappa shape index (κ3) is 14.9. The number of carbonyl (C=O) groups excluding carboxylic acids is 1. The van der Waals surface area contributed by atoms with Crippen molar-refractivity contribution in [1.82, 2.24) is 0 Å². The van der Waals surface area contributed by atoms with E-state index in [4.69, 9.17) is 24.3 Å². The van der Waals surface area contributed by atoms with Crippen molar-refractivity contribution in [2.75, 3.05) is 0 Å². The molecule has 0 atom stereocenters. The van der Waals surface area contributed by atoms with Crippen molar-refractivity contribution in [3.05, 3.63) is 62.0 Å². The summed E-state index contributed by atoms with van der Waals surface area (Å²) in [5.41, 5.74) is 10.0. The molecular formula is C26H41Cl2NOSiTi. The molecular weight excluding hydrogens is 489 g/mol. The first-order valence-corrected chi connectivity index (χ1v) is 15.1. The maximum absolute atomic E-state index is 11.1. The molecule has 2 aromatic rings. The van der Waals surface area contributed by atoms with Crippen LogP contribution in [0.4, 0.5) is 0 Å². The van der Waals surface area contributed by atoms with E-state index in [-0.39, 0.29) is 37.6 Å². The zero-order valence-corrected chi connectivity index (χ0v) is 24.5. The van der Waals surface area contributed by atoms with Crippen LogP contribution in [0.15, 0.2) is 30.3 Å². The van der Waals surface area contributed by atoms with Crippen LogP contribution < -0.4 is 0 Å². The van der Waals surface area contributed by atoms with Crippen LogP contribution >= 0.6 is 18.6 Å². The van der Waals surface area contributed by atoms with E-state index in [1.54, 1.807) is 0 Å². The number of halogens is 2. The Morgan fingerprint density at radius 3 is 1.72 bits per heavy atom. The number of hydrogen-bond acceptors (Lipinski definition) is 1. The van der Waals surface area contributed by atoms with Gasteiger partial charge in [-0.05, 0) is 12.8 Å². The third-order valence-corrected chi connectivity index (χ3v) is 5.80. The van der Waals surface area contributed by atoms with Gasteiger partial charge < -0.3 is 25.4 Å². The molecule has 6 heteroatoms. The summed E-state index contributed by atoms with van der Waals surface area (Å²) in [4.78, 5) is 11.1. The molecule has 1 saturated carbocycles. The van der Waals surface area contributed by atoms with Crippen LogP contribution in [0, 0.1) is 34.6 Å². The molecule has 2 aromatic carbocycles. The molecule has 1 amide bonds. The summed E-state index contributed by atoms with van der Waals surface area (Å²) in [5, 5.41) is 2.76. The molecule has 0 spiro atoms. The Morgan fingerprint density at radius 1 is 0.906 bits per heavy atom. The van der Waals surface area contributed by atoms with Gasteiger partial charge in [0, 0.05) is 16.9 Å². The van der Waals surface area contributed by atoms with Crippen LogP contribution in [0.5, 0.6) is 0 Å². The molecule has 1 aliphatic carbocycles. The van der Waals surface area contributed by atoms with Gasteiger partial charge in [0.05, 0.1) is 5.91 Å². The van der Waals surface area contributed by atoms with Crippen molar-refractivity contribution in [1.29, 1.82) is 0 Å². The Labute approximate surface area is 219 Å². The predicted octanol–water partition coefficient (Wildman–Crippen LogP) is 9.56. The van der Waals surface area contributed by atoms with Crippen molar-refractivity contribution >= 4 is 46.3 Å². The van der Waals surface area contributed by atoms with E-state index in [0.717, 1.165) is 25.7 Å². The number of rotatable bonds is 1. The van der Waals surface area contributed by atoms with Gasteiger partial charge >= 0.3 is 35.6 Å². The molecule has 0 unspecified atom stereocenters. The van der Waals surface area contributed by atoms with E-state index in [2.05, 4.69) is 44.2 Å². The third-order valence-electron chi connectivity index (χ3n) is 5.80. The van der Waals surface area contributed by atoms with Crippen molar-refractivity contribution in [2.45, 2.75) is 84.5 Å². The van der Waals surface area contributed by atoms with E-state index >= 15 is 0 Å². The number of aryl methyl sites for hydroxylation is 2. The van der Waals surface area contributed by atoms with Crippen molar-refractivity contribution in [3.8, 4) is 0 Å². The van der Waals surface area contributed by atoms with Gasteiger partial charge in [-0.3, -0.25) is 0 Å². The van der Waals surface area contributed by atoms with Gasteiger partial charge in [-0.1, -0.05) is 77.7 Å². The van der Waals surface area contributed by atoms with E-state index < -0.39 is 17.0 Å². The molecule has 1 N–H and O–H groups in total. The van der Waals surface area contributed by atoms with Crippen molar-refractivity contribution in [2.24, 2.45) is 5.92 Å². The monoisotopic (exact) mass is 529 g/mol. The predicted molar refractivity (Wildman–Crippen MR) is 143 cm³/mol. The zero-order chi connectivity index (χ0) is 21.5. The first kappa shape index (κ1) is 36.4. The summed E-state index contributed by atoms with van der Waals surface area (Å²) in [5.74, 6) is -0.281. The Hall–Kier alpha value is -0.189. The minimum Gasteiger partial charge on any atom is -0.668 e. The van der Waals surface area contributed by atoms with Gasteiger partial charge in [0.2, 0.25) is 0 Å². The van der Waals surface area contributed by atoms with E-state index in [0.29, 0.717) is 0 Å². The normalized spacial score (nSPS) is 15.0. The Balaban J connectivity index is -0.000000442. The summed E-state index contributed by atoms with van der Waals surface area (Å²) >= 11 is -0.556. The molecule has 1 fully saturated rings.